The Bertz CT molecular complexity index is 947. The van der Waals surface area contributed by atoms with E-state index in [0.29, 0.717) is 38.0 Å². The molecule has 8 heteroatoms. The van der Waals surface area contributed by atoms with E-state index in [0.717, 1.165) is 5.56 Å². The molecule has 30 heavy (non-hydrogen) atoms. The van der Waals surface area contributed by atoms with Gasteiger partial charge in [-0.3, -0.25) is 19.1 Å². The number of hydrogen-bond acceptors (Lipinski definition) is 5. The van der Waals surface area contributed by atoms with Gasteiger partial charge in [-0.05, 0) is 18.4 Å². The second-order valence-electron chi connectivity index (χ2n) is 8.04. The lowest BCUT2D eigenvalue weighted by Crippen LogP contribution is -2.57. The normalized spacial score (nSPS) is 20.6. The maximum atomic E-state index is 13.0. The summed E-state index contributed by atoms with van der Waals surface area (Å²) >= 11 is 0. The molecule has 0 N–H and O–H groups in total. The van der Waals surface area contributed by atoms with Crippen LogP contribution in [0.4, 0.5) is 0 Å². The number of amides is 2. The van der Waals surface area contributed by atoms with Gasteiger partial charge in [-0.1, -0.05) is 30.3 Å². The number of piperidine rings is 1. The lowest BCUT2D eigenvalue weighted by molar-refractivity contribution is -0.149. The van der Waals surface area contributed by atoms with E-state index < -0.39 is 11.5 Å². The summed E-state index contributed by atoms with van der Waals surface area (Å²) in [5.74, 6) is -0.960. The van der Waals surface area contributed by atoms with Crippen molar-refractivity contribution in [1.29, 1.82) is 0 Å². The maximum Gasteiger partial charge on any atom is 0.311 e. The molecule has 1 aromatic heterocycles. The number of benzene rings is 1. The molecule has 1 aromatic carbocycles. The molecular weight excluding hydrogens is 384 g/mol. The molecule has 1 unspecified atom stereocenters. The van der Waals surface area contributed by atoms with E-state index in [9.17, 15) is 14.4 Å². The topological polar surface area (TPSA) is 84.7 Å². The number of likely N-dealkylation sites (tertiary alicyclic amines) is 2. The first-order chi connectivity index (χ1) is 14.4. The van der Waals surface area contributed by atoms with E-state index in [4.69, 9.17) is 4.74 Å². The summed E-state index contributed by atoms with van der Waals surface area (Å²) < 4.78 is 6.70. The highest BCUT2D eigenvalue weighted by atomic mass is 16.5. The third kappa shape index (κ3) is 3.46. The van der Waals surface area contributed by atoms with Crippen molar-refractivity contribution in [2.24, 2.45) is 5.92 Å². The smallest absolute Gasteiger partial charge is 0.311 e. The van der Waals surface area contributed by atoms with Gasteiger partial charge in [-0.25, -0.2) is 0 Å². The molecule has 0 aliphatic carbocycles. The number of methoxy groups -OCH3 is 1. The van der Waals surface area contributed by atoms with Crippen molar-refractivity contribution in [2.45, 2.75) is 31.3 Å². The molecule has 0 saturated carbocycles. The summed E-state index contributed by atoms with van der Waals surface area (Å²) in [4.78, 5) is 41.0. The van der Waals surface area contributed by atoms with Crippen LogP contribution in [0.15, 0.2) is 42.7 Å². The molecule has 158 valence electrons. The van der Waals surface area contributed by atoms with Gasteiger partial charge in [0, 0.05) is 32.8 Å². The molecule has 0 bridgehead atoms. The Morgan fingerprint density at radius 3 is 2.57 bits per heavy atom. The van der Waals surface area contributed by atoms with E-state index in [2.05, 4.69) is 5.10 Å². The average Bonchev–Trinajstić information content (AvgIpc) is 3.33. The first kappa shape index (κ1) is 20.1. The number of ether oxygens (including phenoxy) is 1. The van der Waals surface area contributed by atoms with Crippen LogP contribution in [-0.4, -0.2) is 70.1 Å². The van der Waals surface area contributed by atoms with Crippen LogP contribution in [-0.2, 0) is 20.9 Å². The maximum absolute atomic E-state index is 13.0. The number of carbonyl (C=O) groups is 3. The van der Waals surface area contributed by atoms with Crippen LogP contribution in [0.2, 0.25) is 0 Å². The zero-order valence-electron chi connectivity index (χ0n) is 17.3. The Balaban J connectivity index is 1.43. The number of hydrogen-bond donors (Lipinski definition) is 0. The Morgan fingerprint density at radius 1 is 1.20 bits per heavy atom. The predicted octanol–water partition coefficient (Wildman–Crippen LogP) is 1.56. The summed E-state index contributed by atoms with van der Waals surface area (Å²) in [5, 5.41) is 4.32. The van der Waals surface area contributed by atoms with Gasteiger partial charge in [0.1, 0.15) is 0 Å². The van der Waals surface area contributed by atoms with Gasteiger partial charge in [0.25, 0.3) is 5.91 Å². The fraction of sp³-hybridized carbons (Fsp3) is 0.455. The quantitative estimate of drug-likeness (QED) is 0.714. The van der Waals surface area contributed by atoms with Crippen molar-refractivity contribution >= 4 is 17.8 Å². The summed E-state index contributed by atoms with van der Waals surface area (Å²) in [6.07, 6.45) is 4.64. The molecule has 0 radical (unpaired) electrons. The molecule has 1 atom stereocenters. The lowest BCUT2D eigenvalue weighted by Gasteiger charge is -2.45. The van der Waals surface area contributed by atoms with Crippen LogP contribution in [0, 0.1) is 5.92 Å². The predicted molar refractivity (Wildman–Crippen MR) is 109 cm³/mol. The second-order valence-corrected chi connectivity index (χ2v) is 8.04. The van der Waals surface area contributed by atoms with E-state index in [-0.39, 0.29) is 24.2 Å². The van der Waals surface area contributed by atoms with E-state index in [1.807, 2.05) is 30.3 Å². The lowest BCUT2D eigenvalue weighted by atomic mass is 9.77. The Hall–Kier alpha value is -3.16. The van der Waals surface area contributed by atoms with Gasteiger partial charge in [0.2, 0.25) is 5.91 Å². The van der Waals surface area contributed by atoms with E-state index in [1.54, 1.807) is 33.9 Å². The van der Waals surface area contributed by atoms with Gasteiger partial charge in [0.05, 0.1) is 36.9 Å². The Kier molecular flexibility index (Phi) is 5.32. The summed E-state index contributed by atoms with van der Waals surface area (Å²) in [6.45, 7) is 1.56. The third-order valence-electron chi connectivity index (χ3n) is 6.54. The van der Waals surface area contributed by atoms with Crippen molar-refractivity contribution in [2.75, 3.05) is 27.2 Å². The highest BCUT2D eigenvalue weighted by molar-refractivity contribution is 5.94. The minimum absolute atomic E-state index is 0.0487. The minimum atomic E-state index is -0.571. The first-order valence-corrected chi connectivity index (χ1v) is 10.1. The van der Waals surface area contributed by atoms with Gasteiger partial charge < -0.3 is 14.5 Å². The van der Waals surface area contributed by atoms with Crippen LogP contribution in [0.1, 0.15) is 35.2 Å². The molecule has 2 amide bonds. The molecule has 8 nitrogen and oxygen atoms in total. The Labute approximate surface area is 175 Å². The van der Waals surface area contributed by atoms with Crippen LogP contribution in [0.3, 0.4) is 0 Å². The number of aromatic nitrogens is 2. The molecule has 2 fully saturated rings. The molecule has 2 aliphatic heterocycles. The summed E-state index contributed by atoms with van der Waals surface area (Å²) in [6, 6.07) is 9.95. The van der Waals surface area contributed by atoms with Crippen molar-refractivity contribution in [1.82, 2.24) is 19.6 Å². The standard InChI is InChI=1S/C22H26N4O4/c1-24-19(27)12-18(21(29)30-2)22(24)8-10-25(11-9-22)20(28)17-13-23-26(15-17)14-16-6-4-3-5-7-16/h3-7,13,15,18H,8-12,14H2,1-2H3. The molecule has 2 saturated heterocycles. The minimum Gasteiger partial charge on any atom is -0.469 e. The van der Waals surface area contributed by atoms with E-state index in [1.165, 1.54) is 7.11 Å². The van der Waals surface area contributed by atoms with Gasteiger partial charge in [-0.15, -0.1) is 0 Å². The van der Waals surface area contributed by atoms with Crippen LogP contribution in [0.25, 0.3) is 0 Å². The highest BCUT2D eigenvalue weighted by Gasteiger charge is 2.56. The summed E-state index contributed by atoms with van der Waals surface area (Å²) in [7, 11) is 3.10. The molecule has 2 aliphatic rings. The fourth-order valence-electron chi connectivity index (χ4n) is 4.72. The number of esters is 1. The number of carbonyl (C=O) groups excluding carboxylic acids is 3. The first-order valence-electron chi connectivity index (χ1n) is 10.1. The highest BCUT2D eigenvalue weighted by Crippen LogP contribution is 2.43. The molecule has 2 aromatic rings. The van der Waals surface area contributed by atoms with Crippen molar-refractivity contribution in [3.8, 4) is 0 Å². The molecule has 1 spiro atoms. The van der Waals surface area contributed by atoms with Crippen molar-refractivity contribution < 1.29 is 19.1 Å². The summed E-state index contributed by atoms with van der Waals surface area (Å²) in [5.41, 5.74) is 1.09. The van der Waals surface area contributed by atoms with Crippen LogP contribution >= 0.6 is 0 Å². The zero-order chi connectivity index (χ0) is 21.3. The average molecular weight is 410 g/mol. The molecular formula is C22H26N4O4. The van der Waals surface area contributed by atoms with Crippen molar-refractivity contribution in [3.05, 3.63) is 53.9 Å². The molecule has 4 rings (SSSR count). The van der Waals surface area contributed by atoms with Gasteiger partial charge >= 0.3 is 5.97 Å². The van der Waals surface area contributed by atoms with Crippen LogP contribution in [0.5, 0.6) is 0 Å². The SMILES string of the molecule is COC(=O)C1CC(=O)N(C)C12CCN(C(=O)c1cnn(Cc3ccccc3)c1)CC2. The largest absolute Gasteiger partial charge is 0.469 e. The number of nitrogens with zero attached hydrogens (tertiary/aromatic N) is 4. The van der Waals surface area contributed by atoms with Crippen molar-refractivity contribution in [3.63, 3.8) is 0 Å². The van der Waals surface area contributed by atoms with Gasteiger partial charge in [0.15, 0.2) is 0 Å². The number of rotatable bonds is 4. The van der Waals surface area contributed by atoms with Gasteiger partial charge in [-0.2, -0.15) is 5.10 Å². The van der Waals surface area contributed by atoms with E-state index >= 15 is 0 Å². The molecule has 3 heterocycles. The monoisotopic (exact) mass is 410 g/mol. The zero-order valence-corrected chi connectivity index (χ0v) is 17.3. The third-order valence-corrected chi connectivity index (χ3v) is 6.54. The Morgan fingerprint density at radius 2 is 1.90 bits per heavy atom. The second kappa shape index (κ2) is 7.93. The van der Waals surface area contributed by atoms with Crippen LogP contribution < -0.4 is 0 Å². The fourth-order valence-corrected chi connectivity index (χ4v) is 4.72.